The van der Waals surface area contributed by atoms with Crippen molar-refractivity contribution in [3.05, 3.63) is 76.3 Å². The van der Waals surface area contributed by atoms with Crippen LogP contribution in [-0.4, -0.2) is 105 Å². The molecule has 1 atom stereocenters. The fraction of sp³-hybridized carbons (Fsp3) is 0.421. The van der Waals surface area contributed by atoms with Crippen molar-refractivity contribution in [2.75, 3.05) is 38.5 Å². The number of aromatic amines is 1. The molecule has 4 aromatic rings. The fourth-order valence-electron chi connectivity index (χ4n) is 7.75. The third-order valence-corrected chi connectivity index (χ3v) is 10.9. The molecule has 2 aromatic carbocycles. The number of aryl methyl sites for hydroxylation is 1. The average Bonchev–Trinajstić information content (AvgIpc) is 3.67. The zero-order chi connectivity index (χ0) is 39.0. The van der Waals surface area contributed by atoms with Gasteiger partial charge in [0.2, 0.25) is 11.8 Å². The molecule has 3 aliphatic heterocycles. The number of pyridine rings is 1. The summed E-state index contributed by atoms with van der Waals surface area (Å²) in [5.74, 6) is -1.59. The maximum absolute atomic E-state index is 13.7. The number of anilines is 1. The standard InChI is InChI=1S/C38H41F3N8O6/c1-46-21-29(28-20-42-45-33(28)36(46)53)24-5-8-27(31(19-24)55-38(39,40)41)35(52)48-17-13-26(14-18-48)47(2)37(54)49-15-11-23(12-16-49)22-3-6-25(7-4-22)43-30-9-10-32(50)44-34(30)51/h3-8,19-21,23,26,30,43H,9-18H2,1-2H3,(H,42,45)(H,44,50,51). The monoisotopic (exact) mass is 762 g/mol. The van der Waals surface area contributed by atoms with Crippen molar-refractivity contribution >= 4 is 40.3 Å². The molecular weight excluding hydrogens is 721 g/mol. The van der Waals surface area contributed by atoms with Crippen molar-refractivity contribution in [1.82, 2.24) is 34.8 Å². The topological polar surface area (TPSA) is 162 Å². The Morgan fingerprint density at radius 1 is 0.945 bits per heavy atom. The van der Waals surface area contributed by atoms with Crippen molar-refractivity contribution in [1.29, 1.82) is 0 Å². The van der Waals surface area contributed by atoms with Crippen LogP contribution in [0.15, 0.2) is 59.7 Å². The zero-order valence-electron chi connectivity index (χ0n) is 30.3. The number of nitrogens with one attached hydrogen (secondary N) is 3. The molecule has 3 fully saturated rings. The highest BCUT2D eigenvalue weighted by Gasteiger charge is 2.36. The normalized spacial score (nSPS) is 18.7. The zero-order valence-corrected chi connectivity index (χ0v) is 30.3. The molecule has 5 amide bonds. The van der Waals surface area contributed by atoms with Crippen LogP contribution in [-0.2, 0) is 16.6 Å². The van der Waals surface area contributed by atoms with E-state index in [1.165, 1.54) is 41.0 Å². The number of hydrogen-bond donors (Lipinski definition) is 3. The summed E-state index contributed by atoms with van der Waals surface area (Å²) in [7, 11) is 3.26. The second-order valence-electron chi connectivity index (χ2n) is 14.3. The summed E-state index contributed by atoms with van der Waals surface area (Å²) in [4.78, 5) is 68.2. The summed E-state index contributed by atoms with van der Waals surface area (Å²) < 4.78 is 46.4. The number of carbonyl (C=O) groups is 4. The molecule has 0 bridgehead atoms. The van der Waals surface area contributed by atoms with Crippen LogP contribution in [0, 0.1) is 0 Å². The number of likely N-dealkylation sites (tertiary alicyclic amines) is 2. The predicted octanol–water partition coefficient (Wildman–Crippen LogP) is 4.58. The van der Waals surface area contributed by atoms with Crippen molar-refractivity contribution in [3.63, 3.8) is 0 Å². The molecule has 0 spiro atoms. The molecule has 55 heavy (non-hydrogen) atoms. The van der Waals surface area contributed by atoms with Gasteiger partial charge in [0.05, 0.1) is 11.8 Å². The summed E-state index contributed by atoms with van der Waals surface area (Å²) >= 11 is 0. The van der Waals surface area contributed by atoms with Gasteiger partial charge in [-0.25, -0.2) is 4.79 Å². The highest BCUT2D eigenvalue weighted by atomic mass is 19.4. The number of benzene rings is 2. The number of urea groups is 1. The van der Waals surface area contributed by atoms with E-state index in [1.807, 2.05) is 29.2 Å². The van der Waals surface area contributed by atoms with Crippen LogP contribution in [0.1, 0.15) is 60.4 Å². The average molecular weight is 763 g/mol. The molecule has 7 rings (SSSR count). The summed E-state index contributed by atoms with van der Waals surface area (Å²) in [5, 5.41) is 12.5. The number of aromatic nitrogens is 3. The Kier molecular flexibility index (Phi) is 10.3. The number of ether oxygens (including phenoxy) is 1. The van der Waals surface area contributed by atoms with Gasteiger partial charge in [0.15, 0.2) is 0 Å². The molecule has 14 nitrogen and oxygen atoms in total. The minimum absolute atomic E-state index is 0.103. The van der Waals surface area contributed by atoms with Gasteiger partial charge in [0.1, 0.15) is 17.3 Å². The van der Waals surface area contributed by atoms with Gasteiger partial charge in [-0.05, 0) is 73.4 Å². The molecule has 290 valence electrons. The van der Waals surface area contributed by atoms with Gasteiger partial charge >= 0.3 is 12.4 Å². The minimum atomic E-state index is -5.06. The van der Waals surface area contributed by atoms with Crippen molar-refractivity contribution in [2.24, 2.45) is 7.05 Å². The Balaban J connectivity index is 0.941. The number of alkyl halides is 3. The molecule has 0 aliphatic carbocycles. The van der Waals surface area contributed by atoms with E-state index < -0.39 is 24.1 Å². The first kappa shape index (κ1) is 37.4. The lowest BCUT2D eigenvalue weighted by Gasteiger charge is -2.40. The van der Waals surface area contributed by atoms with Crippen LogP contribution < -0.4 is 20.9 Å². The molecule has 0 radical (unpaired) electrons. The van der Waals surface area contributed by atoms with Gasteiger partial charge in [0, 0.05) is 75.6 Å². The number of carbonyl (C=O) groups excluding carboxylic acids is 4. The molecule has 17 heteroatoms. The van der Waals surface area contributed by atoms with Crippen LogP contribution >= 0.6 is 0 Å². The van der Waals surface area contributed by atoms with E-state index in [9.17, 15) is 37.1 Å². The Morgan fingerprint density at radius 3 is 2.31 bits per heavy atom. The first-order valence-electron chi connectivity index (χ1n) is 18.2. The van der Waals surface area contributed by atoms with E-state index in [1.54, 1.807) is 11.9 Å². The van der Waals surface area contributed by atoms with Crippen LogP contribution in [0.25, 0.3) is 22.0 Å². The van der Waals surface area contributed by atoms with Gasteiger partial charge in [-0.2, -0.15) is 5.10 Å². The van der Waals surface area contributed by atoms with Crippen LogP contribution in [0.2, 0.25) is 0 Å². The summed E-state index contributed by atoms with van der Waals surface area (Å²) in [6.07, 6.45) is 1.05. The third-order valence-electron chi connectivity index (χ3n) is 10.9. The largest absolute Gasteiger partial charge is 0.573 e. The van der Waals surface area contributed by atoms with Crippen LogP contribution in [0.3, 0.4) is 0 Å². The molecule has 1 unspecified atom stereocenters. The molecule has 3 aliphatic rings. The van der Waals surface area contributed by atoms with E-state index in [0.717, 1.165) is 30.2 Å². The van der Waals surface area contributed by atoms with Crippen LogP contribution in [0.5, 0.6) is 5.75 Å². The van der Waals surface area contributed by atoms with Crippen molar-refractivity contribution in [3.8, 4) is 16.9 Å². The molecule has 3 saturated heterocycles. The lowest BCUT2D eigenvalue weighted by molar-refractivity contribution is -0.274. The number of H-pyrrole nitrogens is 1. The number of nitrogens with zero attached hydrogens (tertiary/aromatic N) is 5. The Morgan fingerprint density at radius 2 is 1.64 bits per heavy atom. The minimum Gasteiger partial charge on any atom is -0.405 e. The van der Waals surface area contributed by atoms with E-state index in [4.69, 9.17) is 0 Å². The molecule has 3 N–H and O–H groups in total. The van der Waals surface area contributed by atoms with E-state index >= 15 is 0 Å². The summed E-state index contributed by atoms with van der Waals surface area (Å²) in [6, 6.07) is 11.1. The second-order valence-corrected chi connectivity index (χ2v) is 14.3. The van der Waals surface area contributed by atoms with Gasteiger partial charge < -0.3 is 29.3 Å². The van der Waals surface area contributed by atoms with Gasteiger partial charge in [-0.1, -0.05) is 18.2 Å². The number of imide groups is 1. The first-order chi connectivity index (χ1) is 26.3. The quantitative estimate of drug-likeness (QED) is 0.231. The highest BCUT2D eigenvalue weighted by Crippen LogP contribution is 2.35. The fourth-order valence-corrected chi connectivity index (χ4v) is 7.75. The van der Waals surface area contributed by atoms with Gasteiger partial charge in [-0.3, -0.25) is 29.6 Å². The molecule has 5 heterocycles. The number of hydrogen-bond acceptors (Lipinski definition) is 8. The Labute approximate surface area is 313 Å². The number of fused-ring (bicyclic) bond motifs is 1. The molecule has 2 aromatic heterocycles. The molecular formula is C38H41F3N8O6. The maximum Gasteiger partial charge on any atom is 0.573 e. The van der Waals surface area contributed by atoms with Gasteiger partial charge in [-0.15, -0.1) is 13.2 Å². The first-order valence-corrected chi connectivity index (χ1v) is 18.2. The number of rotatable bonds is 7. The van der Waals surface area contributed by atoms with E-state index in [-0.39, 0.29) is 59.5 Å². The predicted molar refractivity (Wildman–Crippen MR) is 195 cm³/mol. The SMILES string of the molecule is CN(C(=O)N1CCC(c2ccc(NC3CCC(=O)NC3=O)cc2)CC1)C1CCN(C(=O)c2ccc(-c3cn(C)c(=O)c4[nH]ncc34)cc2OC(F)(F)F)CC1. The van der Waals surface area contributed by atoms with E-state index in [0.29, 0.717) is 55.3 Å². The smallest absolute Gasteiger partial charge is 0.405 e. The number of amides is 5. The highest BCUT2D eigenvalue weighted by molar-refractivity contribution is 6.01. The Bertz CT molecular complexity index is 2170. The van der Waals surface area contributed by atoms with Crippen molar-refractivity contribution < 1.29 is 37.1 Å². The second kappa shape index (κ2) is 15.1. The summed E-state index contributed by atoms with van der Waals surface area (Å²) in [6.45, 7) is 1.62. The Hall–Kier alpha value is -5.87. The van der Waals surface area contributed by atoms with E-state index in [2.05, 4.69) is 25.6 Å². The van der Waals surface area contributed by atoms with Crippen LogP contribution in [0.4, 0.5) is 23.7 Å². The lowest BCUT2D eigenvalue weighted by atomic mass is 9.89. The third kappa shape index (κ3) is 8.00. The lowest BCUT2D eigenvalue weighted by Crippen LogP contribution is -2.52. The van der Waals surface area contributed by atoms with Crippen molar-refractivity contribution in [2.45, 2.75) is 62.9 Å². The number of piperidine rings is 3. The summed E-state index contributed by atoms with van der Waals surface area (Å²) in [5.41, 5.74) is 2.27. The molecule has 0 saturated carbocycles. The maximum atomic E-state index is 13.7. The van der Waals surface area contributed by atoms with Gasteiger partial charge in [0.25, 0.3) is 11.5 Å². The number of halogens is 3.